The number of carbonyl (C=O) groups excluding carboxylic acids is 1. The zero-order valence-electron chi connectivity index (χ0n) is 10.2. The summed E-state index contributed by atoms with van der Waals surface area (Å²) >= 11 is 2.20. The van der Waals surface area contributed by atoms with E-state index >= 15 is 0 Å². The Bertz CT molecular complexity index is 363. The molecule has 0 fully saturated rings. The quantitative estimate of drug-likeness (QED) is 0.805. The Kier molecular flexibility index (Phi) is 5.39. The third kappa shape index (κ3) is 3.67. The second-order valence-corrected chi connectivity index (χ2v) is 5.35. The Labute approximate surface area is 116 Å². The summed E-state index contributed by atoms with van der Waals surface area (Å²) in [5.41, 5.74) is 0.130. The Morgan fingerprint density at radius 1 is 1.29 bits per heavy atom. The highest BCUT2D eigenvalue weighted by atomic mass is 127. The van der Waals surface area contributed by atoms with E-state index in [2.05, 4.69) is 27.9 Å². The molecule has 1 aromatic rings. The van der Waals surface area contributed by atoms with Crippen LogP contribution in [0.4, 0.5) is 0 Å². The lowest BCUT2D eigenvalue weighted by Crippen LogP contribution is -2.50. The highest BCUT2D eigenvalue weighted by molar-refractivity contribution is 14.1. The molecular formula is C13H18INO2. The Morgan fingerprint density at radius 2 is 1.82 bits per heavy atom. The maximum absolute atomic E-state index is 12.0. The lowest BCUT2D eigenvalue weighted by Gasteiger charge is -2.30. The van der Waals surface area contributed by atoms with Gasteiger partial charge in [0.05, 0.1) is 12.1 Å². The van der Waals surface area contributed by atoms with Gasteiger partial charge in [-0.3, -0.25) is 4.79 Å². The van der Waals surface area contributed by atoms with Crippen LogP contribution in [0.1, 0.15) is 37.0 Å². The van der Waals surface area contributed by atoms with Crippen molar-refractivity contribution in [1.82, 2.24) is 5.32 Å². The van der Waals surface area contributed by atoms with E-state index in [4.69, 9.17) is 0 Å². The number of hydrogen-bond donors (Lipinski definition) is 2. The summed E-state index contributed by atoms with van der Waals surface area (Å²) < 4.78 is 1.10. The maximum atomic E-state index is 12.0. The molecule has 0 heterocycles. The third-order valence-corrected chi connectivity index (χ3v) is 3.86. The lowest BCUT2D eigenvalue weighted by atomic mass is 9.93. The van der Waals surface area contributed by atoms with Crippen LogP contribution in [0.2, 0.25) is 0 Å². The van der Waals surface area contributed by atoms with E-state index in [0.29, 0.717) is 5.56 Å². The second kappa shape index (κ2) is 6.35. The van der Waals surface area contributed by atoms with Crippen LogP contribution in [0.5, 0.6) is 0 Å². The number of nitrogens with one attached hydrogen (secondary N) is 1. The van der Waals surface area contributed by atoms with Gasteiger partial charge in [-0.05, 0) is 59.7 Å². The van der Waals surface area contributed by atoms with Gasteiger partial charge in [-0.15, -0.1) is 0 Å². The van der Waals surface area contributed by atoms with Gasteiger partial charge in [0.15, 0.2) is 0 Å². The molecule has 4 heteroatoms. The molecule has 3 nitrogen and oxygen atoms in total. The first-order valence-electron chi connectivity index (χ1n) is 5.76. The molecule has 0 aliphatic heterocycles. The molecule has 1 rings (SSSR count). The first-order valence-corrected chi connectivity index (χ1v) is 6.83. The zero-order valence-corrected chi connectivity index (χ0v) is 12.3. The fourth-order valence-corrected chi connectivity index (χ4v) is 1.96. The van der Waals surface area contributed by atoms with Crippen molar-refractivity contribution in [3.63, 3.8) is 0 Å². The predicted molar refractivity (Wildman–Crippen MR) is 77.0 cm³/mol. The van der Waals surface area contributed by atoms with Gasteiger partial charge in [0.25, 0.3) is 5.91 Å². The molecule has 0 atom stereocenters. The minimum Gasteiger partial charge on any atom is -0.394 e. The fraction of sp³-hybridized carbons (Fsp3) is 0.462. The van der Waals surface area contributed by atoms with E-state index in [9.17, 15) is 9.90 Å². The van der Waals surface area contributed by atoms with E-state index in [1.807, 2.05) is 26.0 Å². The molecule has 0 aliphatic carbocycles. The molecule has 94 valence electrons. The Morgan fingerprint density at radius 3 is 2.24 bits per heavy atom. The molecule has 0 spiro atoms. The largest absolute Gasteiger partial charge is 0.394 e. The van der Waals surface area contributed by atoms with Crippen molar-refractivity contribution in [3.8, 4) is 0 Å². The second-order valence-electron chi connectivity index (χ2n) is 4.11. The minimum absolute atomic E-state index is 0.0316. The summed E-state index contributed by atoms with van der Waals surface area (Å²) in [5.74, 6) is -0.126. The molecular weight excluding hydrogens is 329 g/mol. The molecule has 0 bridgehead atoms. The van der Waals surface area contributed by atoms with Crippen LogP contribution in [0, 0.1) is 3.57 Å². The van der Waals surface area contributed by atoms with Crippen molar-refractivity contribution in [2.24, 2.45) is 0 Å². The number of benzene rings is 1. The van der Waals surface area contributed by atoms with Crippen molar-refractivity contribution in [3.05, 3.63) is 33.4 Å². The van der Waals surface area contributed by atoms with E-state index in [0.717, 1.165) is 16.4 Å². The summed E-state index contributed by atoms with van der Waals surface area (Å²) in [6, 6.07) is 7.39. The number of halogens is 1. The number of carbonyl (C=O) groups is 1. The smallest absolute Gasteiger partial charge is 0.251 e. The van der Waals surface area contributed by atoms with Crippen LogP contribution in [0.15, 0.2) is 24.3 Å². The Hall–Kier alpha value is -0.620. The molecule has 0 saturated carbocycles. The molecule has 0 unspecified atom stereocenters. The number of aliphatic hydroxyl groups excluding tert-OH is 1. The summed E-state index contributed by atoms with van der Waals surface area (Å²) in [6.45, 7) is 3.90. The highest BCUT2D eigenvalue weighted by Crippen LogP contribution is 2.15. The number of amides is 1. The SMILES string of the molecule is CCC(CC)(CO)NC(=O)c1ccc(I)cc1. The van der Waals surface area contributed by atoms with E-state index in [-0.39, 0.29) is 12.5 Å². The van der Waals surface area contributed by atoms with Crippen molar-refractivity contribution >= 4 is 28.5 Å². The normalized spacial score (nSPS) is 11.3. The molecule has 2 N–H and O–H groups in total. The minimum atomic E-state index is -0.500. The van der Waals surface area contributed by atoms with E-state index < -0.39 is 5.54 Å². The topological polar surface area (TPSA) is 49.3 Å². The first kappa shape index (κ1) is 14.4. The molecule has 1 amide bonds. The van der Waals surface area contributed by atoms with Gasteiger partial charge in [-0.1, -0.05) is 13.8 Å². The molecule has 17 heavy (non-hydrogen) atoms. The summed E-state index contributed by atoms with van der Waals surface area (Å²) in [7, 11) is 0. The average Bonchev–Trinajstić information content (AvgIpc) is 2.37. The molecule has 0 aromatic heterocycles. The zero-order chi connectivity index (χ0) is 12.9. The lowest BCUT2D eigenvalue weighted by molar-refractivity contribution is 0.0818. The number of rotatable bonds is 5. The number of aliphatic hydroxyl groups is 1. The van der Waals surface area contributed by atoms with Gasteiger partial charge in [0.1, 0.15) is 0 Å². The Balaban J connectivity index is 2.81. The predicted octanol–water partition coefficient (Wildman–Crippen LogP) is 2.57. The van der Waals surface area contributed by atoms with Crippen molar-refractivity contribution in [2.75, 3.05) is 6.61 Å². The van der Waals surface area contributed by atoms with Crippen LogP contribution >= 0.6 is 22.6 Å². The van der Waals surface area contributed by atoms with E-state index in [1.165, 1.54) is 0 Å². The van der Waals surface area contributed by atoms with Crippen molar-refractivity contribution < 1.29 is 9.90 Å². The summed E-state index contributed by atoms with van der Waals surface area (Å²) in [6.07, 6.45) is 1.44. The van der Waals surface area contributed by atoms with Crippen molar-refractivity contribution in [1.29, 1.82) is 0 Å². The fourth-order valence-electron chi connectivity index (χ4n) is 1.60. The van der Waals surface area contributed by atoms with Crippen LogP contribution < -0.4 is 5.32 Å². The van der Waals surface area contributed by atoms with Crippen LogP contribution in [0.25, 0.3) is 0 Å². The van der Waals surface area contributed by atoms with E-state index in [1.54, 1.807) is 12.1 Å². The first-order chi connectivity index (χ1) is 8.06. The van der Waals surface area contributed by atoms with Gasteiger partial charge in [0.2, 0.25) is 0 Å². The van der Waals surface area contributed by atoms with Gasteiger partial charge in [-0.25, -0.2) is 0 Å². The van der Waals surface area contributed by atoms with Gasteiger partial charge < -0.3 is 10.4 Å². The van der Waals surface area contributed by atoms with Crippen LogP contribution in [-0.2, 0) is 0 Å². The van der Waals surface area contributed by atoms with Gasteiger partial charge in [-0.2, -0.15) is 0 Å². The number of hydrogen-bond acceptors (Lipinski definition) is 2. The van der Waals surface area contributed by atoms with Crippen LogP contribution in [-0.4, -0.2) is 23.2 Å². The molecule has 1 aromatic carbocycles. The monoisotopic (exact) mass is 347 g/mol. The van der Waals surface area contributed by atoms with Gasteiger partial charge >= 0.3 is 0 Å². The maximum Gasteiger partial charge on any atom is 0.251 e. The highest BCUT2D eigenvalue weighted by Gasteiger charge is 2.27. The van der Waals surface area contributed by atoms with Crippen LogP contribution in [0.3, 0.4) is 0 Å². The summed E-state index contributed by atoms with van der Waals surface area (Å²) in [4.78, 5) is 12.0. The molecule has 0 radical (unpaired) electrons. The van der Waals surface area contributed by atoms with Gasteiger partial charge in [0, 0.05) is 9.13 Å². The molecule has 0 saturated heterocycles. The molecule has 0 aliphatic rings. The standard InChI is InChI=1S/C13H18INO2/c1-3-13(4-2,9-16)15-12(17)10-5-7-11(14)8-6-10/h5-8,16H,3-4,9H2,1-2H3,(H,15,17). The summed E-state index contributed by atoms with van der Waals surface area (Å²) in [5, 5.41) is 12.3. The average molecular weight is 347 g/mol. The third-order valence-electron chi connectivity index (χ3n) is 3.14. The van der Waals surface area contributed by atoms with Crippen molar-refractivity contribution in [2.45, 2.75) is 32.2 Å².